The standard InChI is InChI=1S/C11H10ClFN2S/c1-7-15-9(6-16-7)5-14-8-2-3-10(12)11(13)4-8/h2-4,6,14H,5H2,1H3. The molecule has 2 rings (SSSR count). The van der Waals surface area contributed by atoms with Gasteiger partial charge in [0.05, 0.1) is 22.3 Å². The van der Waals surface area contributed by atoms with Gasteiger partial charge in [0.25, 0.3) is 0 Å². The van der Waals surface area contributed by atoms with Crippen LogP contribution in [0.5, 0.6) is 0 Å². The normalized spacial score (nSPS) is 10.4. The Kier molecular flexibility index (Phi) is 3.41. The fourth-order valence-electron chi connectivity index (χ4n) is 1.29. The van der Waals surface area contributed by atoms with Gasteiger partial charge in [-0.15, -0.1) is 11.3 Å². The minimum absolute atomic E-state index is 0.134. The monoisotopic (exact) mass is 256 g/mol. The SMILES string of the molecule is Cc1nc(CNc2ccc(Cl)c(F)c2)cs1. The zero-order chi connectivity index (χ0) is 11.5. The lowest BCUT2D eigenvalue weighted by Gasteiger charge is -2.04. The van der Waals surface area contributed by atoms with Crippen LogP contribution >= 0.6 is 22.9 Å². The number of aryl methyl sites for hydroxylation is 1. The van der Waals surface area contributed by atoms with E-state index in [0.29, 0.717) is 12.2 Å². The predicted molar refractivity (Wildman–Crippen MR) is 65.6 cm³/mol. The quantitative estimate of drug-likeness (QED) is 0.902. The minimum Gasteiger partial charge on any atom is -0.379 e. The number of nitrogens with zero attached hydrogens (tertiary/aromatic N) is 1. The van der Waals surface area contributed by atoms with E-state index < -0.39 is 5.82 Å². The summed E-state index contributed by atoms with van der Waals surface area (Å²) in [6.45, 7) is 2.54. The second kappa shape index (κ2) is 4.80. The van der Waals surface area contributed by atoms with Gasteiger partial charge in [-0.25, -0.2) is 9.37 Å². The number of rotatable bonds is 3. The van der Waals surface area contributed by atoms with Crippen LogP contribution in [0.2, 0.25) is 5.02 Å². The van der Waals surface area contributed by atoms with Crippen molar-refractivity contribution in [2.24, 2.45) is 0 Å². The molecule has 1 heterocycles. The summed E-state index contributed by atoms with van der Waals surface area (Å²) in [7, 11) is 0. The zero-order valence-electron chi connectivity index (χ0n) is 8.63. The van der Waals surface area contributed by atoms with E-state index >= 15 is 0 Å². The number of hydrogen-bond acceptors (Lipinski definition) is 3. The lowest BCUT2D eigenvalue weighted by molar-refractivity contribution is 0.628. The Hall–Kier alpha value is -1.13. The number of benzene rings is 1. The van der Waals surface area contributed by atoms with Crippen molar-refractivity contribution in [3.8, 4) is 0 Å². The first-order valence-electron chi connectivity index (χ1n) is 4.75. The lowest BCUT2D eigenvalue weighted by Crippen LogP contribution is -2.00. The molecule has 0 amide bonds. The highest BCUT2D eigenvalue weighted by Gasteiger charge is 2.02. The molecule has 0 aliphatic rings. The fourth-order valence-corrected chi connectivity index (χ4v) is 2.02. The topological polar surface area (TPSA) is 24.9 Å². The highest BCUT2D eigenvalue weighted by atomic mass is 35.5. The Morgan fingerprint density at radius 2 is 2.31 bits per heavy atom. The van der Waals surface area contributed by atoms with E-state index in [9.17, 15) is 4.39 Å². The summed E-state index contributed by atoms with van der Waals surface area (Å²) in [5, 5.41) is 6.23. The van der Waals surface area contributed by atoms with E-state index in [4.69, 9.17) is 11.6 Å². The van der Waals surface area contributed by atoms with Crippen molar-refractivity contribution in [1.29, 1.82) is 0 Å². The van der Waals surface area contributed by atoms with Crippen LogP contribution in [0.3, 0.4) is 0 Å². The number of halogens is 2. The van der Waals surface area contributed by atoms with E-state index in [2.05, 4.69) is 10.3 Å². The molecule has 0 aliphatic carbocycles. The van der Waals surface area contributed by atoms with Crippen LogP contribution in [0.25, 0.3) is 0 Å². The van der Waals surface area contributed by atoms with Gasteiger partial charge in [-0.2, -0.15) is 0 Å². The van der Waals surface area contributed by atoms with Crippen molar-refractivity contribution in [3.05, 3.63) is 45.1 Å². The number of aromatic nitrogens is 1. The fraction of sp³-hybridized carbons (Fsp3) is 0.182. The van der Waals surface area contributed by atoms with Crippen LogP contribution in [-0.4, -0.2) is 4.98 Å². The largest absolute Gasteiger partial charge is 0.379 e. The molecular weight excluding hydrogens is 247 g/mol. The molecule has 2 nitrogen and oxygen atoms in total. The molecule has 16 heavy (non-hydrogen) atoms. The van der Waals surface area contributed by atoms with E-state index in [1.165, 1.54) is 12.1 Å². The summed E-state index contributed by atoms with van der Waals surface area (Å²) in [5.41, 5.74) is 1.66. The van der Waals surface area contributed by atoms with Gasteiger partial charge < -0.3 is 5.32 Å². The summed E-state index contributed by atoms with van der Waals surface area (Å²) in [6, 6.07) is 4.65. The van der Waals surface area contributed by atoms with Crippen LogP contribution < -0.4 is 5.32 Å². The molecule has 1 N–H and O–H groups in total. The molecule has 84 valence electrons. The van der Waals surface area contributed by atoms with Crippen molar-refractivity contribution in [2.45, 2.75) is 13.5 Å². The summed E-state index contributed by atoms with van der Waals surface area (Å²) in [5.74, 6) is -0.416. The van der Waals surface area contributed by atoms with Crippen molar-refractivity contribution < 1.29 is 4.39 Å². The minimum atomic E-state index is -0.416. The maximum atomic E-state index is 13.1. The predicted octanol–water partition coefficient (Wildman–Crippen LogP) is 3.86. The Balaban J connectivity index is 2.02. The molecule has 1 aromatic heterocycles. The van der Waals surface area contributed by atoms with Gasteiger partial charge in [-0.1, -0.05) is 11.6 Å². The molecule has 0 atom stereocenters. The third kappa shape index (κ3) is 2.71. The van der Waals surface area contributed by atoms with Crippen LogP contribution in [0.1, 0.15) is 10.7 Å². The van der Waals surface area contributed by atoms with Gasteiger partial charge in [-0.3, -0.25) is 0 Å². The molecule has 0 bridgehead atoms. The van der Waals surface area contributed by atoms with E-state index in [0.717, 1.165) is 10.7 Å². The van der Waals surface area contributed by atoms with E-state index in [1.54, 1.807) is 17.4 Å². The molecule has 0 saturated heterocycles. The highest BCUT2D eigenvalue weighted by molar-refractivity contribution is 7.09. The zero-order valence-corrected chi connectivity index (χ0v) is 10.2. The first-order chi connectivity index (χ1) is 7.65. The maximum absolute atomic E-state index is 13.1. The van der Waals surface area contributed by atoms with Gasteiger partial charge in [0.1, 0.15) is 5.82 Å². The molecule has 0 spiro atoms. The highest BCUT2D eigenvalue weighted by Crippen LogP contribution is 2.19. The summed E-state index contributed by atoms with van der Waals surface area (Å²) >= 11 is 7.19. The van der Waals surface area contributed by atoms with Crippen LogP contribution in [0.15, 0.2) is 23.6 Å². The first-order valence-corrected chi connectivity index (χ1v) is 6.01. The smallest absolute Gasteiger partial charge is 0.143 e. The molecule has 2 aromatic rings. The van der Waals surface area contributed by atoms with Crippen LogP contribution in [-0.2, 0) is 6.54 Å². The Labute approximate surface area is 102 Å². The number of hydrogen-bond donors (Lipinski definition) is 1. The van der Waals surface area contributed by atoms with Crippen molar-refractivity contribution in [3.63, 3.8) is 0 Å². The van der Waals surface area contributed by atoms with Crippen LogP contribution in [0.4, 0.5) is 10.1 Å². The summed E-state index contributed by atoms with van der Waals surface area (Å²) < 4.78 is 13.1. The van der Waals surface area contributed by atoms with Crippen molar-refractivity contribution in [2.75, 3.05) is 5.32 Å². The third-order valence-corrected chi connectivity index (χ3v) is 3.19. The van der Waals surface area contributed by atoms with Crippen LogP contribution in [0, 0.1) is 12.7 Å². The molecule has 0 unspecified atom stereocenters. The van der Waals surface area contributed by atoms with Gasteiger partial charge in [0.15, 0.2) is 0 Å². The summed E-state index contributed by atoms with van der Waals surface area (Å²) in [4.78, 5) is 4.30. The lowest BCUT2D eigenvalue weighted by atomic mass is 10.3. The second-order valence-corrected chi connectivity index (χ2v) is 4.81. The molecule has 5 heteroatoms. The average Bonchev–Trinajstić information content (AvgIpc) is 2.66. The Bertz CT molecular complexity index is 498. The molecule has 0 fully saturated rings. The first kappa shape index (κ1) is 11.4. The maximum Gasteiger partial charge on any atom is 0.143 e. The van der Waals surface area contributed by atoms with Gasteiger partial charge in [0, 0.05) is 11.1 Å². The van der Waals surface area contributed by atoms with E-state index in [-0.39, 0.29) is 5.02 Å². The van der Waals surface area contributed by atoms with Gasteiger partial charge in [0.2, 0.25) is 0 Å². The summed E-state index contributed by atoms with van der Waals surface area (Å²) in [6.07, 6.45) is 0. The molecule has 1 aromatic carbocycles. The molecule has 0 radical (unpaired) electrons. The van der Waals surface area contributed by atoms with Gasteiger partial charge >= 0.3 is 0 Å². The second-order valence-electron chi connectivity index (χ2n) is 3.34. The Morgan fingerprint density at radius 3 is 2.94 bits per heavy atom. The van der Waals surface area contributed by atoms with E-state index in [1.807, 2.05) is 12.3 Å². The molecular formula is C11H10ClFN2S. The van der Waals surface area contributed by atoms with Crippen molar-refractivity contribution >= 4 is 28.6 Å². The number of nitrogens with one attached hydrogen (secondary N) is 1. The third-order valence-electron chi connectivity index (χ3n) is 2.06. The average molecular weight is 257 g/mol. The number of thiazole rings is 1. The number of anilines is 1. The Morgan fingerprint density at radius 1 is 1.50 bits per heavy atom. The molecule has 0 saturated carbocycles. The van der Waals surface area contributed by atoms with Crippen molar-refractivity contribution in [1.82, 2.24) is 4.98 Å². The molecule has 0 aliphatic heterocycles. The van der Waals surface area contributed by atoms with Gasteiger partial charge in [-0.05, 0) is 25.1 Å².